The van der Waals surface area contributed by atoms with Crippen molar-refractivity contribution in [3.8, 4) is 0 Å². The van der Waals surface area contributed by atoms with Crippen molar-refractivity contribution >= 4 is 18.0 Å². The fourth-order valence-electron chi connectivity index (χ4n) is 2.02. The maximum atomic E-state index is 12.1. The smallest absolute Gasteiger partial charge is 0.352 e. The van der Waals surface area contributed by atoms with Crippen LogP contribution in [0.3, 0.4) is 0 Å². The van der Waals surface area contributed by atoms with Gasteiger partial charge in [-0.3, -0.25) is 4.79 Å². The van der Waals surface area contributed by atoms with Crippen molar-refractivity contribution in [2.24, 2.45) is 0 Å². The van der Waals surface area contributed by atoms with Crippen molar-refractivity contribution < 1.29 is 14.7 Å². The number of aliphatic carboxylic acids is 1. The van der Waals surface area contributed by atoms with Crippen LogP contribution in [0.25, 0.3) is 6.08 Å². The number of hydrogen-bond donors (Lipinski definition) is 2. The second kappa shape index (κ2) is 7.75. The van der Waals surface area contributed by atoms with Gasteiger partial charge < -0.3 is 10.4 Å². The van der Waals surface area contributed by atoms with Crippen LogP contribution >= 0.6 is 0 Å². The Balaban J connectivity index is 2.19. The van der Waals surface area contributed by atoms with E-state index in [1.165, 1.54) is 6.08 Å². The molecule has 0 atom stereocenters. The molecule has 1 amide bonds. The molecule has 0 heterocycles. The minimum atomic E-state index is -1.19. The fraction of sp³-hybridized carbons (Fsp3) is 0.0526. The lowest BCUT2D eigenvalue weighted by Gasteiger charge is -2.06. The summed E-state index contributed by atoms with van der Waals surface area (Å²) in [5.41, 5.74) is 1.93. The molecule has 0 spiro atoms. The molecule has 2 aromatic carbocycles. The average molecular weight is 307 g/mol. The summed E-state index contributed by atoms with van der Waals surface area (Å²) in [6.45, 7) is 1.78. The van der Waals surface area contributed by atoms with Gasteiger partial charge in [-0.2, -0.15) is 0 Å². The molecule has 4 nitrogen and oxygen atoms in total. The summed E-state index contributed by atoms with van der Waals surface area (Å²) in [5.74, 6) is -1.64. The Bertz CT molecular complexity index is 747. The second-order valence-corrected chi connectivity index (χ2v) is 4.98. The molecule has 0 aliphatic heterocycles. The zero-order valence-electron chi connectivity index (χ0n) is 12.7. The number of benzene rings is 2. The molecule has 0 aromatic heterocycles. The van der Waals surface area contributed by atoms with Crippen molar-refractivity contribution in [1.82, 2.24) is 5.32 Å². The van der Waals surface area contributed by atoms with E-state index in [9.17, 15) is 14.7 Å². The normalized spacial score (nSPS) is 11.9. The molecule has 0 saturated carbocycles. The average Bonchev–Trinajstić information content (AvgIpc) is 2.55. The van der Waals surface area contributed by atoms with E-state index >= 15 is 0 Å². The molecule has 0 saturated heterocycles. The van der Waals surface area contributed by atoms with Crippen LogP contribution in [0.2, 0.25) is 0 Å². The van der Waals surface area contributed by atoms with Gasteiger partial charge in [0, 0.05) is 5.56 Å². The first kappa shape index (κ1) is 16.2. The molecule has 0 unspecified atom stereocenters. The van der Waals surface area contributed by atoms with Crippen LogP contribution < -0.4 is 5.32 Å². The molecule has 0 radical (unpaired) electrons. The zero-order valence-corrected chi connectivity index (χ0v) is 12.7. The van der Waals surface area contributed by atoms with Gasteiger partial charge in [-0.15, -0.1) is 0 Å². The Labute approximate surface area is 134 Å². The molecule has 2 rings (SSSR count). The van der Waals surface area contributed by atoms with Crippen LogP contribution in [0.4, 0.5) is 0 Å². The highest BCUT2D eigenvalue weighted by molar-refractivity contribution is 6.00. The number of carbonyl (C=O) groups excluding carboxylic acids is 1. The summed E-state index contributed by atoms with van der Waals surface area (Å²) in [6, 6.07) is 18.0. The largest absolute Gasteiger partial charge is 0.477 e. The molecule has 2 N–H and O–H groups in total. The van der Waals surface area contributed by atoms with E-state index in [1.54, 1.807) is 37.3 Å². The first-order valence-corrected chi connectivity index (χ1v) is 7.11. The van der Waals surface area contributed by atoms with Gasteiger partial charge in [-0.25, -0.2) is 4.79 Å². The van der Waals surface area contributed by atoms with E-state index in [0.29, 0.717) is 5.56 Å². The number of carboxylic acid groups (broad SMARTS) is 1. The number of hydrogen-bond acceptors (Lipinski definition) is 2. The molecule has 116 valence electrons. The lowest BCUT2D eigenvalue weighted by Crippen LogP contribution is -2.27. The van der Waals surface area contributed by atoms with E-state index in [1.807, 2.05) is 36.4 Å². The topological polar surface area (TPSA) is 66.4 Å². The van der Waals surface area contributed by atoms with E-state index < -0.39 is 11.9 Å². The van der Waals surface area contributed by atoms with E-state index in [-0.39, 0.29) is 5.70 Å². The summed E-state index contributed by atoms with van der Waals surface area (Å²) >= 11 is 0. The summed E-state index contributed by atoms with van der Waals surface area (Å²) < 4.78 is 0. The number of nitrogens with one attached hydrogen (secondary N) is 1. The van der Waals surface area contributed by atoms with Crippen molar-refractivity contribution in [1.29, 1.82) is 0 Å². The van der Waals surface area contributed by atoms with E-state index in [0.717, 1.165) is 11.1 Å². The van der Waals surface area contributed by atoms with Gasteiger partial charge in [-0.1, -0.05) is 54.6 Å². The van der Waals surface area contributed by atoms with E-state index in [2.05, 4.69) is 5.32 Å². The van der Waals surface area contributed by atoms with Crippen LogP contribution in [0.15, 0.2) is 78.0 Å². The highest BCUT2D eigenvalue weighted by Crippen LogP contribution is 2.09. The lowest BCUT2D eigenvalue weighted by atomic mass is 10.1. The molecule has 0 aliphatic rings. The highest BCUT2D eigenvalue weighted by Gasteiger charge is 2.12. The maximum Gasteiger partial charge on any atom is 0.352 e. The van der Waals surface area contributed by atoms with Crippen LogP contribution in [-0.2, 0) is 4.79 Å². The van der Waals surface area contributed by atoms with Gasteiger partial charge in [0.05, 0.1) is 0 Å². The Morgan fingerprint density at radius 1 is 0.957 bits per heavy atom. The molecule has 4 heteroatoms. The summed E-state index contributed by atoms with van der Waals surface area (Å²) in [6.07, 6.45) is 3.29. The maximum absolute atomic E-state index is 12.1. The van der Waals surface area contributed by atoms with Crippen molar-refractivity contribution in [3.05, 3.63) is 89.1 Å². The number of carboxylic acids is 1. The van der Waals surface area contributed by atoms with Crippen molar-refractivity contribution in [3.63, 3.8) is 0 Å². The summed E-state index contributed by atoms with van der Waals surface area (Å²) in [4.78, 5) is 23.4. The number of carbonyl (C=O) groups is 2. The van der Waals surface area contributed by atoms with Gasteiger partial charge in [0.15, 0.2) is 0 Å². The molecule has 2 aromatic rings. The van der Waals surface area contributed by atoms with Gasteiger partial charge in [0.1, 0.15) is 5.70 Å². The summed E-state index contributed by atoms with van der Waals surface area (Å²) in [5, 5.41) is 11.7. The van der Waals surface area contributed by atoms with Gasteiger partial charge >= 0.3 is 5.97 Å². The van der Waals surface area contributed by atoms with Crippen LogP contribution in [0.1, 0.15) is 22.8 Å². The molecule has 0 fully saturated rings. The van der Waals surface area contributed by atoms with E-state index in [4.69, 9.17) is 0 Å². The number of rotatable bonds is 5. The third-order valence-corrected chi connectivity index (χ3v) is 3.08. The van der Waals surface area contributed by atoms with Crippen LogP contribution in [0.5, 0.6) is 0 Å². The van der Waals surface area contributed by atoms with Gasteiger partial charge in [0.2, 0.25) is 0 Å². The Hall–Kier alpha value is -3.14. The standard InChI is InChI=1S/C19H17NO3/c1-14(12-15-8-4-2-5-9-15)13-17(19(22)23)20-18(21)16-10-6-3-7-11-16/h2-13H,1H3,(H,20,21)(H,22,23). The number of amides is 1. The van der Waals surface area contributed by atoms with Crippen molar-refractivity contribution in [2.45, 2.75) is 6.92 Å². The summed E-state index contributed by atoms with van der Waals surface area (Å²) in [7, 11) is 0. The highest BCUT2D eigenvalue weighted by atomic mass is 16.4. The Morgan fingerprint density at radius 2 is 1.52 bits per heavy atom. The molecular formula is C19H17NO3. The first-order valence-electron chi connectivity index (χ1n) is 7.11. The predicted molar refractivity (Wildman–Crippen MR) is 89.7 cm³/mol. The van der Waals surface area contributed by atoms with Crippen molar-refractivity contribution in [2.75, 3.05) is 0 Å². The fourth-order valence-corrected chi connectivity index (χ4v) is 2.02. The third-order valence-electron chi connectivity index (χ3n) is 3.08. The molecular weight excluding hydrogens is 290 g/mol. The van der Waals surface area contributed by atoms with Crippen LogP contribution in [0, 0.1) is 0 Å². The zero-order chi connectivity index (χ0) is 16.7. The third kappa shape index (κ3) is 4.97. The minimum absolute atomic E-state index is 0.163. The minimum Gasteiger partial charge on any atom is -0.477 e. The number of allylic oxidation sites excluding steroid dienone is 2. The SMILES string of the molecule is CC(=Cc1ccccc1)C=C(NC(=O)c1ccccc1)C(=O)O. The molecule has 0 aliphatic carbocycles. The quantitative estimate of drug-likeness (QED) is 0.656. The van der Waals surface area contributed by atoms with Gasteiger partial charge in [0.25, 0.3) is 5.91 Å². The molecule has 0 bridgehead atoms. The Kier molecular flexibility index (Phi) is 5.47. The lowest BCUT2D eigenvalue weighted by molar-refractivity contribution is -0.133. The van der Waals surface area contributed by atoms with Gasteiger partial charge in [-0.05, 0) is 36.3 Å². The predicted octanol–water partition coefficient (Wildman–Crippen LogP) is 3.49. The Morgan fingerprint density at radius 3 is 2.09 bits per heavy atom. The van der Waals surface area contributed by atoms with Crippen LogP contribution in [-0.4, -0.2) is 17.0 Å². The monoisotopic (exact) mass is 307 g/mol. The second-order valence-electron chi connectivity index (χ2n) is 4.98. The molecule has 23 heavy (non-hydrogen) atoms. The first-order chi connectivity index (χ1) is 11.1.